The van der Waals surface area contributed by atoms with Crippen LogP contribution in [-0.2, 0) is 13.0 Å². The maximum atomic E-state index is 12.5. The lowest BCUT2D eigenvalue weighted by molar-refractivity contribution is -0.0504. The molecule has 150 valence electrons. The third-order valence-electron chi connectivity index (χ3n) is 3.95. The molecule has 3 N–H and O–H groups in total. The number of H-pyrrole nitrogens is 1. The number of benzene rings is 2. The number of imidazole rings is 1. The van der Waals surface area contributed by atoms with E-state index in [1.165, 1.54) is 6.07 Å². The van der Waals surface area contributed by atoms with Crippen molar-refractivity contribution in [3.8, 4) is 5.75 Å². The topological polar surface area (TPSA) is 74.3 Å². The molecule has 0 aliphatic heterocycles. The molecule has 1 heterocycles. The number of halogens is 3. The first-order chi connectivity index (χ1) is 13.2. The van der Waals surface area contributed by atoms with E-state index in [4.69, 9.17) is 0 Å². The summed E-state index contributed by atoms with van der Waals surface area (Å²) in [6.45, 7) is -1.92. The van der Waals surface area contributed by atoms with Gasteiger partial charge in [-0.2, -0.15) is 8.78 Å². The van der Waals surface area contributed by atoms with Crippen molar-refractivity contribution in [1.82, 2.24) is 20.6 Å². The number of alkyl halides is 2. The van der Waals surface area contributed by atoms with Gasteiger partial charge in [0.1, 0.15) is 11.6 Å². The van der Waals surface area contributed by atoms with Gasteiger partial charge in [0.25, 0.3) is 0 Å². The molecule has 0 aliphatic carbocycles. The number of hydrogen-bond donors (Lipinski definition) is 3. The number of rotatable bonds is 7. The summed E-state index contributed by atoms with van der Waals surface area (Å²) >= 11 is 0. The normalized spacial score (nSPS) is 11.4. The Kier molecular flexibility index (Phi) is 8.42. The SMILES string of the molecule is CN=C(NCCc1nc2ccccc2[nH]1)NCc1ccccc1OC(F)F.I. The smallest absolute Gasteiger partial charge is 0.387 e. The quantitative estimate of drug-likeness (QED) is 0.263. The lowest BCUT2D eigenvalue weighted by Crippen LogP contribution is -2.38. The molecule has 0 aliphatic rings. The molecule has 0 bridgehead atoms. The van der Waals surface area contributed by atoms with Crippen LogP contribution in [0.5, 0.6) is 5.75 Å². The molecular weight excluding hydrogens is 479 g/mol. The third-order valence-corrected chi connectivity index (χ3v) is 3.95. The summed E-state index contributed by atoms with van der Waals surface area (Å²) in [6.07, 6.45) is 0.695. The first kappa shape index (κ1) is 21.9. The van der Waals surface area contributed by atoms with Gasteiger partial charge in [-0.3, -0.25) is 4.99 Å². The fourth-order valence-corrected chi connectivity index (χ4v) is 2.68. The van der Waals surface area contributed by atoms with E-state index >= 15 is 0 Å². The Bertz CT molecular complexity index is 883. The Labute approximate surface area is 178 Å². The van der Waals surface area contributed by atoms with E-state index in [2.05, 4.69) is 30.3 Å². The van der Waals surface area contributed by atoms with E-state index in [9.17, 15) is 8.78 Å². The summed E-state index contributed by atoms with van der Waals surface area (Å²) in [5.74, 6) is 1.60. The zero-order valence-electron chi connectivity index (χ0n) is 15.3. The molecule has 0 radical (unpaired) electrons. The third kappa shape index (κ3) is 6.04. The predicted octanol–water partition coefficient (Wildman–Crippen LogP) is 3.69. The number of ether oxygens (including phenoxy) is 1. The van der Waals surface area contributed by atoms with Gasteiger partial charge in [0, 0.05) is 32.1 Å². The summed E-state index contributed by atoms with van der Waals surface area (Å²) < 4.78 is 29.5. The summed E-state index contributed by atoms with van der Waals surface area (Å²) in [5.41, 5.74) is 2.56. The van der Waals surface area contributed by atoms with Crippen molar-refractivity contribution in [1.29, 1.82) is 0 Å². The molecule has 0 unspecified atom stereocenters. The number of guanidine groups is 1. The molecule has 9 heteroatoms. The molecule has 0 spiro atoms. The van der Waals surface area contributed by atoms with Crippen molar-refractivity contribution in [3.63, 3.8) is 0 Å². The highest BCUT2D eigenvalue weighted by atomic mass is 127. The number of fused-ring (bicyclic) bond motifs is 1. The molecule has 28 heavy (non-hydrogen) atoms. The second kappa shape index (κ2) is 10.8. The predicted molar refractivity (Wildman–Crippen MR) is 116 cm³/mol. The maximum absolute atomic E-state index is 12.5. The molecule has 2 aromatic carbocycles. The van der Waals surface area contributed by atoms with Crippen LogP contribution in [0.1, 0.15) is 11.4 Å². The first-order valence-corrected chi connectivity index (χ1v) is 8.56. The van der Waals surface area contributed by atoms with Crippen molar-refractivity contribution in [2.45, 2.75) is 19.6 Å². The van der Waals surface area contributed by atoms with Crippen LogP contribution in [0, 0.1) is 0 Å². The van der Waals surface area contributed by atoms with Gasteiger partial charge < -0.3 is 20.4 Å². The Hall–Kier alpha value is -2.43. The van der Waals surface area contributed by atoms with Gasteiger partial charge in [0.05, 0.1) is 11.0 Å². The molecule has 1 aromatic heterocycles. The number of para-hydroxylation sites is 3. The van der Waals surface area contributed by atoms with E-state index in [0.717, 1.165) is 16.9 Å². The van der Waals surface area contributed by atoms with Gasteiger partial charge in [0.2, 0.25) is 0 Å². The fourth-order valence-electron chi connectivity index (χ4n) is 2.68. The molecule has 6 nitrogen and oxygen atoms in total. The van der Waals surface area contributed by atoms with Gasteiger partial charge in [-0.1, -0.05) is 30.3 Å². The number of aromatic nitrogens is 2. The number of hydrogen-bond acceptors (Lipinski definition) is 3. The van der Waals surface area contributed by atoms with E-state index in [1.807, 2.05) is 24.3 Å². The number of nitrogens with zero attached hydrogens (tertiary/aromatic N) is 2. The van der Waals surface area contributed by atoms with Crippen LogP contribution < -0.4 is 15.4 Å². The number of nitrogens with one attached hydrogen (secondary N) is 3. The van der Waals surface area contributed by atoms with Gasteiger partial charge in [-0.05, 0) is 18.2 Å². The minimum atomic E-state index is -2.85. The van der Waals surface area contributed by atoms with Crippen LogP contribution in [-0.4, -0.2) is 36.1 Å². The van der Waals surface area contributed by atoms with E-state index in [1.54, 1.807) is 25.2 Å². The van der Waals surface area contributed by atoms with Crippen molar-refractivity contribution < 1.29 is 13.5 Å². The van der Waals surface area contributed by atoms with Gasteiger partial charge in [-0.15, -0.1) is 24.0 Å². The Morgan fingerprint density at radius 1 is 1.14 bits per heavy atom. The second-order valence-electron chi connectivity index (χ2n) is 5.79. The van der Waals surface area contributed by atoms with Gasteiger partial charge in [-0.25, -0.2) is 4.98 Å². The van der Waals surface area contributed by atoms with E-state index in [-0.39, 0.29) is 29.7 Å². The zero-order valence-corrected chi connectivity index (χ0v) is 17.6. The summed E-state index contributed by atoms with van der Waals surface area (Å²) in [6, 6.07) is 14.5. The molecule has 3 aromatic rings. The lowest BCUT2D eigenvalue weighted by Gasteiger charge is -2.14. The highest BCUT2D eigenvalue weighted by Crippen LogP contribution is 2.19. The number of aromatic amines is 1. The van der Waals surface area contributed by atoms with Crippen LogP contribution in [0.4, 0.5) is 8.78 Å². The van der Waals surface area contributed by atoms with Gasteiger partial charge in [0.15, 0.2) is 5.96 Å². The van der Waals surface area contributed by atoms with Crippen molar-refractivity contribution in [2.75, 3.05) is 13.6 Å². The molecule has 0 fully saturated rings. The Balaban J connectivity index is 0.00000280. The van der Waals surface area contributed by atoms with Crippen LogP contribution in [0.15, 0.2) is 53.5 Å². The molecule has 0 atom stereocenters. The first-order valence-electron chi connectivity index (χ1n) is 8.56. The molecule has 0 saturated carbocycles. The Morgan fingerprint density at radius 3 is 2.64 bits per heavy atom. The fraction of sp³-hybridized carbons (Fsp3) is 0.263. The van der Waals surface area contributed by atoms with Crippen LogP contribution in [0.3, 0.4) is 0 Å². The summed E-state index contributed by atoms with van der Waals surface area (Å²) in [4.78, 5) is 11.9. The highest BCUT2D eigenvalue weighted by molar-refractivity contribution is 14.0. The van der Waals surface area contributed by atoms with Crippen LogP contribution in [0.2, 0.25) is 0 Å². The van der Waals surface area contributed by atoms with Crippen molar-refractivity contribution in [3.05, 3.63) is 59.9 Å². The average Bonchev–Trinajstić information content (AvgIpc) is 3.08. The molecule has 3 rings (SSSR count). The second-order valence-corrected chi connectivity index (χ2v) is 5.79. The van der Waals surface area contributed by atoms with E-state index in [0.29, 0.717) is 31.0 Å². The van der Waals surface area contributed by atoms with Crippen LogP contribution in [0.25, 0.3) is 11.0 Å². The van der Waals surface area contributed by atoms with Crippen molar-refractivity contribution in [2.24, 2.45) is 4.99 Å². The maximum Gasteiger partial charge on any atom is 0.387 e. The van der Waals surface area contributed by atoms with Crippen LogP contribution >= 0.6 is 24.0 Å². The average molecular weight is 501 g/mol. The molecule has 0 saturated heterocycles. The minimum absolute atomic E-state index is 0. The lowest BCUT2D eigenvalue weighted by atomic mass is 10.2. The van der Waals surface area contributed by atoms with Crippen molar-refractivity contribution >= 4 is 41.0 Å². The summed E-state index contributed by atoms with van der Waals surface area (Å²) in [7, 11) is 1.65. The minimum Gasteiger partial charge on any atom is -0.434 e. The largest absolute Gasteiger partial charge is 0.434 e. The Morgan fingerprint density at radius 2 is 1.89 bits per heavy atom. The van der Waals surface area contributed by atoms with Gasteiger partial charge >= 0.3 is 6.61 Å². The van der Waals surface area contributed by atoms with E-state index < -0.39 is 6.61 Å². The number of aliphatic imine (C=N–C) groups is 1. The molecular formula is C19H22F2IN5O. The monoisotopic (exact) mass is 501 g/mol. The standard InChI is InChI=1S/C19H21F2N5O.HI/c1-22-19(24-12-13-6-2-5-9-16(13)27-18(20)21)23-11-10-17-25-14-7-3-4-8-15(14)26-17;/h2-9,18H,10-12H2,1H3,(H,25,26)(H2,22,23,24);1H. The summed E-state index contributed by atoms with van der Waals surface area (Å²) in [5, 5.41) is 6.28. The zero-order chi connectivity index (χ0) is 19.1. The molecule has 0 amide bonds. The highest BCUT2D eigenvalue weighted by Gasteiger charge is 2.09.